The Morgan fingerprint density at radius 3 is 2.64 bits per heavy atom. The van der Waals surface area contributed by atoms with Crippen molar-refractivity contribution in [3.8, 4) is 11.5 Å². The van der Waals surface area contributed by atoms with E-state index >= 15 is 0 Å². The molecule has 1 amide bonds. The number of aliphatic hydroxyl groups is 1. The van der Waals surface area contributed by atoms with Crippen LogP contribution in [0.5, 0.6) is 11.5 Å². The van der Waals surface area contributed by atoms with Crippen LogP contribution in [0.1, 0.15) is 45.1 Å². The molecule has 4 rings (SSSR count). The van der Waals surface area contributed by atoms with E-state index in [0.717, 1.165) is 24.8 Å². The minimum absolute atomic E-state index is 0.0186. The fourth-order valence-corrected chi connectivity index (χ4v) is 6.97. The van der Waals surface area contributed by atoms with Crippen LogP contribution in [0.3, 0.4) is 0 Å². The number of ether oxygens (including phenoxy) is 4. The van der Waals surface area contributed by atoms with Gasteiger partial charge in [-0.1, -0.05) is 50.6 Å². The van der Waals surface area contributed by atoms with Crippen LogP contribution >= 0.6 is 11.6 Å². The Labute approximate surface area is 253 Å². The summed E-state index contributed by atoms with van der Waals surface area (Å²) in [6.45, 7) is 4.74. The topological polar surface area (TPSA) is 124 Å². The Balaban J connectivity index is 1.58. The van der Waals surface area contributed by atoms with Gasteiger partial charge < -0.3 is 29.4 Å². The lowest BCUT2D eigenvalue weighted by Crippen LogP contribution is -2.52. The van der Waals surface area contributed by atoms with E-state index in [1.807, 2.05) is 44.2 Å². The van der Waals surface area contributed by atoms with Crippen LogP contribution in [-0.4, -0.2) is 81.1 Å². The van der Waals surface area contributed by atoms with E-state index in [1.54, 1.807) is 6.07 Å². The third-order valence-electron chi connectivity index (χ3n) is 7.44. The van der Waals surface area contributed by atoms with Gasteiger partial charge in [0.05, 0.1) is 30.3 Å². The second kappa shape index (κ2) is 14.7. The fraction of sp³-hybridized carbons (Fsp3) is 0.567. The maximum absolute atomic E-state index is 14.1. The van der Waals surface area contributed by atoms with Crippen molar-refractivity contribution in [2.75, 3.05) is 39.0 Å². The van der Waals surface area contributed by atoms with Crippen molar-refractivity contribution in [1.82, 2.24) is 9.62 Å². The number of alkyl carbamates (subject to hydrolysis) is 1. The van der Waals surface area contributed by atoms with Crippen LogP contribution in [-0.2, 0) is 25.9 Å². The van der Waals surface area contributed by atoms with Gasteiger partial charge in [-0.3, -0.25) is 0 Å². The van der Waals surface area contributed by atoms with Crippen molar-refractivity contribution in [2.24, 2.45) is 5.41 Å². The zero-order valence-corrected chi connectivity index (χ0v) is 25.7. The number of hydrogen-bond donors (Lipinski definition) is 2. The Hall–Kier alpha value is -2.57. The molecular formula is C30H41ClN2O8S. The summed E-state index contributed by atoms with van der Waals surface area (Å²) in [6, 6.07) is 13.1. The smallest absolute Gasteiger partial charge is 0.407 e. The SMILES string of the molecule is CC(C)(CCCCCl)CN(C[C@H](O)[C@H](Cc1ccccc1)NC(=O)O[C@H]1CCOC1)S(=O)(=O)c1ccc2c(c1)OCO2. The first-order valence-corrected chi connectivity index (χ1v) is 16.3. The predicted octanol–water partition coefficient (Wildman–Crippen LogP) is 4.33. The van der Waals surface area contributed by atoms with E-state index < -0.39 is 33.7 Å². The summed E-state index contributed by atoms with van der Waals surface area (Å²) in [5.41, 5.74) is 0.455. The lowest BCUT2D eigenvalue weighted by atomic mass is 9.87. The van der Waals surface area contributed by atoms with Crippen LogP contribution in [0.4, 0.5) is 4.79 Å². The number of halogens is 1. The van der Waals surface area contributed by atoms with Gasteiger partial charge in [0.1, 0.15) is 6.10 Å². The molecular weight excluding hydrogens is 584 g/mol. The zero-order valence-electron chi connectivity index (χ0n) is 24.2. The third kappa shape index (κ3) is 8.97. The first-order valence-electron chi connectivity index (χ1n) is 14.3. The summed E-state index contributed by atoms with van der Waals surface area (Å²) in [5.74, 6) is 1.35. The number of carbonyl (C=O) groups excluding carboxylic acids is 1. The number of sulfonamides is 1. The quantitative estimate of drug-likeness (QED) is 0.222. The highest BCUT2D eigenvalue weighted by molar-refractivity contribution is 7.89. The number of unbranched alkanes of at least 4 members (excludes halogenated alkanes) is 1. The van der Waals surface area contributed by atoms with Crippen molar-refractivity contribution >= 4 is 27.7 Å². The molecule has 0 saturated carbocycles. The molecule has 0 aromatic heterocycles. The normalized spacial score (nSPS) is 18.2. The number of benzene rings is 2. The summed E-state index contributed by atoms with van der Waals surface area (Å²) < 4.78 is 51.0. The Morgan fingerprint density at radius 2 is 1.93 bits per heavy atom. The van der Waals surface area contributed by atoms with Crippen molar-refractivity contribution < 1.29 is 37.3 Å². The Bertz CT molecular complexity index is 1270. The minimum Gasteiger partial charge on any atom is -0.454 e. The first kappa shape index (κ1) is 32.3. The number of aliphatic hydroxyl groups excluding tert-OH is 1. The molecule has 0 radical (unpaired) electrons. The van der Waals surface area contributed by atoms with E-state index in [-0.39, 0.29) is 37.3 Å². The van der Waals surface area contributed by atoms with Crippen LogP contribution in [0.25, 0.3) is 0 Å². The van der Waals surface area contributed by atoms with Crippen molar-refractivity contribution in [2.45, 2.75) is 69.1 Å². The van der Waals surface area contributed by atoms with Gasteiger partial charge in [0, 0.05) is 31.5 Å². The summed E-state index contributed by atoms with van der Waals surface area (Å²) in [7, 11) is -4.08. The molecule has 1 saturated heterocycles. The molecule has 2 aliphatic heterocycles. The van der Waals surface area contributed by atoms with E-state index in [4.69, 9.17) is 30.5 Å². The first-order chi connectivity index (χ1) is 20.1. The molecule has 12 heteroatoms. The number of hydrogen-bond acceptors (Lipinski definition) is 8. The molecule has 10 nitrogen and oxygen atoms in total. The molecule has 42 heavy (non-hydrogen) atoms. The van der Waals surface area contributed by atoms with E-state index in [2.05, 4.69) is 5.32 Å². The number of alkyl halides is 1. The highest BCUT2D eigenvalue weighted by Crippen LogP contribution is 2.36. The predicted molar refractivity (Wildman–Crippen MR) is 158 cm³/mol. The lowest BCUT2D eigenvalue weighted by molar-refractivity contribution is 0.0624. The Kier molecular flexibility index (Phi) is 11.4. The molecule has 232 valence electrons. The summed E-state index contributed by atoms with van der Waals surface area (Å²) in [5, 5.41) is 14.4. The number of nitrogens with zero attached hydrogens (tertiary/aromatic N) is 1. The lowest BCUT2D eigenvalue weighted by Gasteiger charge is -2.35. The molecule has 0 spiro atoms. The Morgan fingerprint density at radius 1 is 1.17 bits per heavy atom. The molecule has 2 aliphatic rings. The largest absolute Gasteiger partial charge is 0.454 e. The molecule has 0 bridgehead atoms. The van der Waals surface area contributed by atoms with Crippen LogP contribution in [0.2, 0.25) is 0 Å². The molecule has 1 fully saturated rings. The van der Waals surface area contributed by atoms with Gasteiger partial charge in [-0.05, 0) is 42.4 Å². The third-order valence-corrected chi connectivity index (χ3v) is 9.52. The number of amides is 1. The number of rotatable bonds is 15. The van der Waals surface area contributed by atoms with Crippen LogP contribution in [0.15, 0.2) is 53.4 Å². The van der Waals surface area contributed by atoms with Gasteiger partial charge in [0.2, 0.25) is 16.8 Å². The van der Waals surface area contributed by atoms with Crippen LogP contribution in [0, 0.1) is 5.41 Å². The zero-order chi connectivity index (χ0) is 30.2. The van der Waals surface area contributed by atoms with Crippen molar-refractivity contribution in [1.29, 1.82) is 0 Å². The van der Waals surface area contributed by atoms with Gasteiger partial charge in [0.25, 0.3) is 0 Å². The average molecular weight is 625 g/mol. The molecule has 2 aromatic carbocycles. The molecule has 0 unspecified atom stereocenters. The molecule has 3 atom stereocenters. The van der Waals surface area contributed by atoms with Crippen molar-refractivity contribution in [3.63, 3.8) is 0 Å². The highest BCUT2D eigenvalue weighted by Gasteiger charge is 2.36. The van der Waals surface area contributed by atoms with Gasteiger partial charge in [-0.2, -0.15) is 4.31 Å². The number of nitrogens with one attached hydrogen (secondary N) is 1. The number of carbonyl (C=O) groups is 1. The van der Waals surface area contributed by atoms with Crippen LogP contribution < -0.4 is 14.8 Å². The maximum atomic E-state index is 14.1. The van der Waals surface area contributed by atoms with E-state index in [1.165, 1.54) is 16.4 Å². The highest BCUT2D eigenvalue weighted by atomic mass is 35.5. The molecule has 2 aromatic rings. The standard InChI is InChI=1S/C30H41ClN2O8S/c1-30(2,13-6-7-14-31)20-33(42(36,37)24-10-11-27-28(17-24)40-21-39-27)18-26(34)25(16-22-8-4-3-5-9-22)32-29(35)41-23-12-15-38-19-23/h3-5,8-11,17,23,25-26,34H,6-7,12-16,18-21H2,1-2H3,(H,32,35)/t23-,25-,26-/m0/s1. The van der Waals surface area contributed by atoms with Gasteiger partial charge >= 0.3 is 6.09 Å². The second-order valence-electron chi connectivity index (χ2n) is 11.5. The maximum Gasteiger partial charge on any atom is 0.407 e. The van der Waals surface area contributed by atoms with Crippen molar-refractivity contribution in [3.05, 3.63) is 54.1 Å². The van der Waals surface area contributed by atoms with E-state index in [0.29, 0.717) is 37.0 Å². The molecule has 0 aliphatic carbocycles. The molecule has 2 N–H and O–H groups in total. The molecule has 2 heterocycles. The minimum atomic E-state index is -4.08. The fourth-order valence-electron chi connectivity index (χ4n) is 5.12. The summed E-state index contributed by atoms with van der Waals surface area (Å²) in [6.07, 6.45) is 0.971. The average Bonchev–Trinajstić information content (AvgIpc) is 3.64. The summed E-state index contributed by atoms with van der Waals surface area (Å²) >= 11 is 5.89. The van der Waals surface area contributed by atoms with Gasteiger partial charge in [-0.15, -0.1) is 11.6 Å². The number of fused-ring (bicyclic) bond motifs is 1. The second-order valence-corrected chi connectivity index (χ2v) is 13.8. The van der Waals surface area contributed by atoms with E-state index in [9.17, 15) is 18.3 Å². The monoisotopic (exact) mass is 624 g/mol. The van der Waals surface area contributed by atoms with Gasteiger partial charge in [-0.25, -0.2) is 13.2 Å². The van der Waals surface area contributed by atoms with Gasteiger partial charge in [0.15, 0.2) is 11.5 Å². The summed E-state index contributed by atoms with van der Waals surface area (Å²) in [4.78, 5) is 12.9.